The Kier molecular flexibility index (Phi) is 3.70. The largest absolute Gasteiger partial charge is 0.349 e. The van der Waals surface area contributed by atoms with E-state index in [0.717, 1.165) is 33.0 Å². The van der Waals surface area contributed by atoms with E-state index in [4.69, 9.17) is 0 Å². The fourth-order valence-electron chi connectivity index (χ4n) is 2.17. The number of aryl methyl sites for hydroxylation is 1. The Hall–Kier alpha value is -0.350. The van der Waals surface area contributed by atoms with Crippen molar-refractivity contribution in [3.63, 3.8) is 0 Å². The van der Waals surface area contributed by atoms with Gasteiger partial charge >= 0.3 is 0 Å². The molecule has 0 saturated heterocycles. The van der Waals surface area contributed by atoms with E-state index in [0.29, 0.717) is 6.04 Å². The summed E-state index contributed by atoms with van der Waals surface area (Å²) >= 11 is 4.96. The standard InChI is InChI=1S/C12H16BrNOS/c1-7-3-4-9(5-7)14-12(15)10-6-8(2)11(13)16-10/h6-7,9H,3-5H2,1-2H3,(H,14,15). The molecule has 2 nitrogen and oxygen atoms in total. The molecule has 1 aromatic rings. The molecule has 0 bridgehead atoms. The Labute approximate surface area is 109 Å². The van der Waals surface area contributed by atoms with Crippen LogP contribution in [0.15, 0.2) is 9.85 Å². The van der Waals surface area contributed by atoms with Crippen LogP contribution in [0.4, 0.5) is 0 Å². The number of hydrogen-bond acceptors (Lipinski definition) is 2. The third kappa shape index (κ3) is 2.66. The van der Waals surface area contributed by atoms with Gasteiger partial charge in [-0.15, -0.1) is 11.3 Å². The van der Waals surface area contributed by atoms with E-state index in [1.165, 1.54) is 17.8 Å². The molecule has 1 N–H and O–H groups in total. The summed E-state index contributed by atoms with van der Waals surface area (Å²) in [6.07, 6.45) is 3.48. The molecule has 88 valence electrons. The van der Waals surface area contributed by atoms with Crippen LogP contribution in [-0.2, 0) is 0 Å². The maximum Gasteiger partial charge on any atom is 0.261 e. The first-order valence-corrected chi connectivity index (χ1v) is 7.24. The lowest BCUT2D eigenvalue weighted by atomic mass is 10.1. The number of carbonyl (C=O) groups is 1. The first-order chi connectivity index (χ1) is 7.56. The van der Waals surface area contributed by atoms with Gasteiger partial charge in [0.25, 0.3) is 5.91 Å². The molecular weight excluding hydrogens is 286 g/mol. The Balaban J connectivity index is 1.98. The minimum atomic E-state index is 0.0814. The minimum absolute atomic E-state index is 0.0814. The number of rotatable bonds is 2. The molecule has 1 saturated carbocycles. The summed E-state index contributed by atoms with van der Waals surface area (Å²) in [4.78, 5) is 12.8. The van der Waals surface area contributed by atoms with Gasteiger partial charge in [0.05, 0.1) is 8.66 Å². The van der Waals surface area contributed by atoms with Crippen molar-refractivity contribution in [1.29, 1.82) is 0 Å². The predicted octanol–water partition coefficient (Wildman–Crippen LogP) is 3.74. The van der Waals surface area contributed by atoms with Crippen molar-refractivity contribution in [1.82, 2.24) is 5.32 Å². The molecule has 1 heterocycles. The fraction of sp³-hybridized carbons (Fsp3) is 0.583. The maximum absolute atomic E-state index is 12.0. The zero-order chi connectivity index (χ0) is 11.7. The second kappa shape index (κ2) is 4.88. The van der Waals surface area contributed by atoms with Crippen molar-refractivity contribution in [2.75, 3.05) is 0 Å². The highest BCUT2D eigenvalue weighted by Crippen LogP contribution is 2.28. The van der Waals surface area contributed by atoms with Crippen molar-refractivity contribution in [2.24, 2.45) is 5.92 Å². The second-order valence-corrected chi connectivity index (χ2v) is 7.03. The molecule has 1 aliphatic carbocycles. The van der Waals surface area contributed by atoms with Crippen LogP contribution >= 0.6 is 27.3 Å². The van der Waals surface area contributed by atoms with Crippen molar-refractivity contribution in [2.45, 2.75) is 39.2 Å². The monoisotopic (exact) mass is 301 g/mol. The van der Waals surface area contributed by atoms with E-state index in [1.54, 1.807) is 0 Å². The molecule has 1 aliphatic rings. The molecule has 1 fully saturated rings. The van der Waals surface area contributed by atoms with Gasteiger partial charge in [0.15, 0.2) is 0 Å². The normalized spacial score (nSPS) is 24.7. The Bertz CT molecular complexity index is 382. The summed E-state index contributed by atoms with van der Waals surface area (Å²) in [7, 11) is 0. The smallest absolute Gasteiger partial charge is 0.261 e. The first-order valence-electron chi connectivity index (χ1n) is 5.63. The highest BCUT2D eigenvalue weighted by Gasteiger charge is 2.23. The lowest BCUT2D eigenvalue weighted by molar-refractivity contribution is 0.0941. The minimum Gasteiger partial charge on any atom is -0.349 e. The molecule has 1 amide bonds. The molecule has 2 unspecified atom stereocenters. The van der Waals surface area contributed by atoms with Crippen LogP contribution in [0.5, 0.6) is 0 Å². The number of halogens is 1. The quantitative estimate of drug-likeness (QED) is 0.886. The molecule has 0 radical (unpaired) electrons. The molecule has 4 heteroatoms. The van der Waals surface area contributed by atoms with Gasteiger partial charge in [-0.3, -0.25) is 4.79 Å². The van der Waals surface area contributed by atoms with Crippen LogP contribution in [0.1, 0.15) is 41.4 Å². The van der Waals surface area contributed by atoms with Crippen LogP contribution in [0, 0.1) is 12.8 Å². The molecular formula is C12H16BrNOS. The van der Waals surface area contributed by atoms with Crippen LogP contribution in [-0.4, -0.2) is 11.9 Å². The molecule has 0 spiro atoms. The molecule has 1 aromatic heterocycles. The van der Waals surface area contributed by atoms with Gasteiger partial charge in [0.2, 0.25) is 0 Å². The van der Waals surface area contributed by atoms with Crippen molar-refractivity contribution in [3.8, 4) is 0 Å². The number of hydrogen-bond donors (Lipinski definition) is 1. The fourth-order valence-corrected chi connectivity index (χ4v) is 3.60. The SMILES string of the molecule is Cc1cc(C(=O)NC2CCC(C)C2)sc1Br. The average Bonchev–Trinajstić information content (AvgIpc) is 2.75. The van der Waals surface area contributed by atoms with Gasteiger partial charge < -0.3 is 5.32 Å². The van der Waals surface area contributed by atoms with Gasteiger partial charge in [0.1, 0.15) is 0 Å². The van der Waals surface area contributed by atoms with E-state index in [2.05, 4.69) is 28.2 Å². The number of amides is 1. The van der Waals surface area contributed by atoms with Gasteiger partial charge in [-0.2, -0.15) is 0 Å². The van der Waals surface area contributed by atoms with E-state index in [1.807, 2.05) is 13.0 Å². The van der Waals surface area contributed by atoms with Gasteiger partial charge in [-0.25, -0.2) is 0 Å². The lowest BCUT2D eigenvalue weighted by Crippen LogP contribution is -2.32. The summed E-state index contributed by atoms with van der Waals surface area (Å²) in [5.74, 6) is 0.833. The first kappa shape index (κ1) is 12.1. The van der Waals surface area contributed by atoms with E-state index < -0.39 is 0 Å². The van der Waals surface area contributed by atoms with Gasteiger partial charge in [-0.05, 0) is 59.7 Å². The van der Waals surface area contributed by atoms with Gasteiger partial charge in [-0.1, -0.05) is 6.92 Å². The Morgan fingerprint density at radius 2 is 2.31 bits per heavy atom. The third-order valence-electron chi connectivity index (χ3n) is 3.11. The van der Waals surface area contributed by atoms with Crippen molar-refractivity contribution >= 4 is 33.2 Å². The molecule has 2 rings (SSSR count). The zero-order valence-electron chi connectivity index (χ0n) is 9.55. The number of carbonyl (C=O) groups excluding carboxylic acids is 1. The van der Waals surface area contributed by atoms with Crippen LogP contribution in [0.3, 0.4) is 0 Å². The average molecular weight is 302 g/mol. The number of nitrogens with one attached hydrogen (secondary N) is 1. The lowest BCUT2D eigenvalue weighted by Gasteiger charge is -2.11. The summed E-state index contributed by atoms with van der Waals surface area (Å²) in [6.45, 7) is 4.26. The summed E-state index contributed by atoms with van der Waals surface area (Å²) in [5.41, 5.74) is 1.13. The summed E-state index contributed by atoms with van der Waals surface area (Å²) in [5, 5.41) is 3.12. The van der Waals surface area contributed by atoms with E-state index >= 15 is 0 Å². The Morgan fingerprint density at radius 3 is 2.81 bits per heavy atom. The van der Waals surface area contributed by atoms with Crippen LogP contribution in [0.25, 0.3) is 0 Å². The van der Waals surface area contributed by atoms with Crippen LogP contribution in [0.2, 0.25) is 0 Å². The van der Waals surface area contributed by atoms with E-state index in [9.17, 15) is 4.79 Å². The summed E-state index contributed by atoms with van der Waals surface area (Å²) in [6, 6.07) is 2.33. The molecule has 0 aliphatic heterocycles. The number of thiophene rings is 1. The molecule has 16 heavy (non-hydrogen) atoms. The summed E-state index contributed by atoms with van der Waals surface area (Å²) < 4.78 is 1.05. The maximum atomic E-state index is 12.0. The third-order valence-corrected chi connectivity index (χ3v) is 5.25. The topological polar surface area (TPSA) is 29.1 Å². The van der Waals surface area contributed by atoms with Crippen molar-refractivity contribution < 1.29 is 4.79 Å². The van der Waals surface area contributed by atoms with Crippen molar-refractivity contribution in [3.05, 3.63) is 20.3 Å². The molecule has 2 atom stereocenters. The molecule has 0 aromatic carbocycles. The Morgan fingerprint density at radius 1 is 1.56 bits per heavy atom. The van der Waals surface area contributed by atoms with Gasteiger partial charge in [0, 0.05) is 6.04 Å². The second-order valence-electron chi connectivity index (χ2n) is 4.66. The van der Waals surface area contributed by atoms with E-state index in [-0.39, 0.29) is 5.91 Å². The highest BCUT2D eigenvalue weighted by atomic mass is 79.9. The van der Waals surface area contributed by atoms with Crippen LogP contribution < -0.4 is 5.32 Å². The zero-order valence-corrected chi connectivity index (χ0v) is 12.0. The predicted molar refractivity (Wildman–Crippen MR) is 71.0 cm³/mol. The highest BCUT2D eigenvalue weighted by molar-refractivity contribution is 9.11.